The molecule has 1 saturated heterocycles. The van der Waals surface area contributed by atoms with Crippen molar-refractivity contribution in [2.24, 2.45) is 5.92 Å². The van der Waals surface area contributed by atoms with Gasteiger partial charge in [-0.05, 0) is 38.8 Å². The average Bonchev–Trinajstić information content (AvgIpc) is 2.54. The molecule has 0 radical (unpaired) electrons. The minimum atomic E-state index is -0.0181. The molecule has 0 bridgehead atoms. The maximum Gasteiger partial charge on any atom is 0.308 e. The lowest BCUT2D eigenvalue weighted by molar-refractivity contribution is -0.150. The van der Waals surface area contributed by atoms with Gasteiger partial charge < -0.3 is 9.64 Å². The van der Waals surface area contributed by atoms with Gasteiger partial charge >= 0.3 is 5.97 Å². The number of esters is 1. The molecule has 2 rings (SSSR count). The summed E-state index contributed by atoms with van der Waals surface area (Å²) < 4.78 is 4.71. The number of carbonyl (C=O) groups is 1. The standard InChI is InChI=1S/C10H17NO2/c1-13-10(12)8-6-9(7-8)11-4-2-3-5-11/h8-9H,2-7H2,1H3. The van der Waals surface area contributed by atoms with E-state index in [0.29, 0.717) is 6.04 Å². The largest absolute Gasteiger partial charge is 0.469 e. The Morgan fingerprint density at radius 3 is 2.46 bits per heavy atom. The number of nitrogens with zero attached hydrogens (tertiary/aromatic N) is 1. The number of likely N-dealkylation sites (tertiary alicyclic amines) is 1. The summed E-state index contributed by atoms with van der Waals surface area (Å²) in [4.78, 5) is 13.6. The molecule has 0 aromatic carbocycles. The molecule has 2 fully saturated rings. The minimum absolute atomic E-state index is 0.0181. The zero-order chi connectivity index (χ0) is 9.26. The first-order valence-corrected chi connectivity index (χ1v) is 5.13. The lowest BCUT2D eigenvalue weighted by Gasteiger charge is -2.39. The van der Waals surface area contributed by atoms with Crippen molar-refractivity contribution in [1.82, 2.24) is 4.90 Å². The summed E-state index contributed by atoms with van der Waals surface area (Å²) >= 11 is 0. The Morgan fingerprint density at radius 2 is 1.92 bits per heavy atom. The van der Waals surface area contributed by atoms with Crippen molar-refractivity contribution in [2.45, 2.75) is 31.7 Å². The highest BCUT2D eigenvalue weighted by Crippen LogP contribution is 2.34. The minimum Gasteiger partial charge on any atom is -0.469 e. The van der Waals surface area contributed by atoms with Crippen LogP contribution in [0.5, 0.6) is 0 Å². The molecule has 3 nitrogen and oxygen atoms in total. The third kappa shape index (κ3) is 1.70. The van der Waals surface area contributed by atoms with E-state index in [2.05, 4.69) is 4.90 Å². The smallest absolute Gasteiger partial charge is 0.308 e. The predicted octanol–water partition coefficient (Wildman–Crippen LogP) is 1.03. The van der Waals surface area contributed by atoms with E-state index < -0.39 is 0 Å². The molecule has 74 valence electrons. The molecule has 1 heterocycles. The summed E-state index contributed by atoms with van der Waals surface area (Å²) in [5, 5.41) is 0. The van der Waals surface area contributed by atoms with Crippen LogP contribution < -0.4 is 0 Å². The van der Waals surface area contributed by atoms with Gasteiger partial charge in [0.05, 0.1) is 13.0 Å². The first-order chi connectivity index (χ1) is 6.31. The van der Waals surface area contributed by atoms with Crippen LogP contribution in [0, 0.1) is 5.92 Å². The van der Waals surface area contributed by atoms with Crippen LogP contribution >= 0.6 is 0 Å². The summed E-state index contributed by atoms with van der Waals surface area (Å²) in [6.07, 6.45) is 4.71. The molecule has 0 unspecified atom stereocenters. The van der Waals surface area contributed by atoms with E-state index in [-0.39, 0.29) is 11.9 Å². The topological polar surface area (TPSA) is 29.5 Å². The number of methoxy groups -OCH3 is 1. The van der Waals surface area contributed by atoms with E-state index in [1.165, 1.54) is 33.0 Å². The Labute approximate surface area is 79.0 Å². The fourth-order valence-corrected chi connectivity index (χ4v) is 2.35. The number of rotatable bonds is 2. The van der Waals surface area contributed by atoms with E-state index in [4.69, 9.17) is 4.74 Å². The molecule has 0 atom stereocenters. The zero-order valence-corrected chi connectivity index (χ0v) is 8.16. The van der Waals surface area contributed by atoms with Gasteiger partial charge in [0.25, 0.3) is 0 Å². The second-order valence-corrected chi connectivity index (χ2v) is 4.09. The first-order valence-electron chi connectivity index (χ1n) is 5.13. The maximum atomic E-state index is 11.1. The van der Waals surface area contributed by atoms with Crippen molar-refractivity contribution in [3.05, 3.63) is 0 Å². The predicted molar refractivity (Wildman–Crippen MR) is 49.3 cm³/mol. The van der Waals surface area contributed by atoms with Crippen molar-refractivity contribution in [3.63, 3.8) is 0 Å². The molecule has 1 aliphatic carbocycles. The van der Waals surface area contributed by atoms with Gasteiger partial charge in [-0.1, -0.05) is 0 Å². The summed E-state index contributed by atoms with van der Waals surface area (Å²) in [5.41, 5.74) is 0. The third-order valence-corrected chi connectivity index (χ3v) is 3.30. The van der Waals surface area contributed by atoms with Crippen molar-refractivity contribution >= 4 is 5.97 Å². The second kappa shape index (κ2) is 3.66. The molecule has 1 saturated carbocycles. The Kier molecular flexibility index (Phi) is 2.54. The Balaban J connectivity index is 1.74. The lowest BCUT2D eigenvalue weighted by atomic mass is 9.79. The molecule has 0 spiro atoms. The van der Waals surface area contributed by atoms with Gasteiger partial charge in [-0.3, -0.25) is 4.79 Å². The molecule has 1 aliphatic heterocycles. The monoisotopic (exact) mass is 183 g/mol. The molecule has 0 N–H and O–H groups in total. The Hall–Kier alpha value is -0.570. The van der Waals surface area contributed by atoms with Crippen LogP contribution in [0.2, 0.25) is 0 Å². The normalized spacial score (nSPS) is 34.2. The van der Waals surface area contributed by atoms with Crippen LogP contribution in [0.15, 0.2) is 0 Å². The number of hydrogen-bond donors (Lipinski definition) is 0. The lowest BCUT2D eigenvalue weighted by Crippen LogP contribution is -2.46. The highest BCUT2D eigenvalue weighted by atomic mass is 16.5. The second-order valence-electron chi connectivity index (χ2n) is 4.09. The summed E-state index contributed by atoms with van der Waals surface area (Å²) in [7, 11) is 1.48. The molecular weight excluding hydrogens is 166 g/mol. The zero-order valence-electron chi connectivity index (χ0n) is 8.16. The van der Waals surface area contributed by atoms with Crippen LogP contribution in [-0.4, -0.2) is 37.1 Å². The van der Waals surface area contributed by atoms with E-state index in [9.17, 15) is 4.79 Å². The van der Waals surface area contributed by atoms with Crippen molar-refractivity contribution < 1.29 is 9.53 Å². The van der Waals surface area contributed by atoms with Crippen LogP contribution in [0.4, 0.5) is 0 Å². The Bertz CT molecular complexity index is 193. The molecule has 0 aromatic heterocycles. The fraction of sp³-hybridized carbons (Fsp3) is 0.900. The van der Waals surface area contributed by atoms with E-state index >= 15 is 0 Å². The van der Waals surface area contributed by atoms with Gasteiger partial charge in [0.15, 0.2) is 0 Å². The van der Waals surface area contributed by atoms with Gasteiger partial charge in [-0.2, -0.15) is 0 Å². The van der Waals surface area contributed by atoms with Gasteiger partial charge in [0.2, 0.25) is 0 Å². The number of ether oxygens (including phenoxy) is 1. The van der Waals surface area contributed by atoms with Crippen LogP contribution in [0.3, 0.4) is 0 Å². The number of carbonyl (C=O) groups excluding carboxylic acids is 1. The SMILES string of the molecule is COC(=O)C1CC(N2CCCC2)C1. The first kappa shape index (κ1) is 9.00. The molecule has 13 heavy (non-hydrogen) atoms. The van der Waals surface area contributed by atoms with Crippen molar-refractivity contribution in [2.75, 3.05) is 20.2 Å². The van der Waals surface area contributed by atoms with Crippen LogP contribution in [0.1, 0.15) is 25.7 Å². The Morgan fingerprint density at radius 1 is 1.31 bits per heavy atom. The maximum absolute atomic E-state index is 11.1. The average molecular weight is 183 g/mol. The highest BCUT2D eigenvalue weighted by molar-refractivity contribution is 5.73. The molecule has 2 aliphatic rings. The number of hydrogen-bond acceptors (Lipinski definition) is 3. The van der Waals surface area contributed by atoms with Gasteiger partial charge in [-0.25, -0.2) is 0 Å². The van der Waals surface area contributed by atoms with Crippen LogP contribution in [-0.2, 0) is 9.53 Å². The molecule has 0 amide bonds. The fourth-order valence-electron chi connectivity index (χ4n) is 2.35. The van der Waals surface area contributed by atoms with E-state index in [1.54, 1.807) is 0 Å². The quantitative estimate of drug-likeness (QED) is 0.599. The molecule has 0 aromatic rings. The van der Waals surface area contributed by atoms with Crippen molar-refractivity contribution in [1.29, 1.82) is 0 Å². The van der Waals surface area contributed by atoms with Gasteiger partial charge in [-0.15, -0.1) is 0 Å². The summed E-state index contributed by atoms with van der Waals surface area (Å²) in [5.74, 6) is 0.172. The van der Waals surface area contributed by atoms with E-state index in [0.717, 1.165) is 12.8 Å². The van der Waals surface area contributed by atoms with Crippen LogP contribution in [0.25, 0.3) is 0 Å². The van der Waals surface area contributed by atoms with E-state index in [1.807, 2.05) is 0 Å². The summed E-state index contributed by atoms with van der Waals surface area (Å²) in [6, 6.07) is 0.673. The molecule has 3 heteroatoms. The molecular formula is C10H17NO2. The van der Waals surface area contributed by atoms with Gasteiger partial charge in [0, 0.05) is 6.04 Å². The van der Waals surface area contributed by atoms with Crippen molar-refractivity contribution in [3.8, 4) is 0 Å². The third-order valence-electron chi connectivity index (χ3n) is 3.30. The summed E-state index contributed by atoms with van der Waals surface area (Å²) in [6.45, 7) is 2.47. The van der Waals surface area contributed by atoms with Gasteiger partial charge in [0.1, 0.15) is 0 Å². The highest BCUT2D eigenvalue weighted by Gasteiger charge is 2.39.